The molecule has 5 heteroatoms. The molecule has 0 aromatic rings. The second-order valence-electron chi connectivity index (χ2n) is 6.72. The first-order chi connectivity index (χ1) is 7.99. The quantitative estimate of drug-likeness (QED) is 0.779. The summed E-state index contributed by atoms with van der Waals surface area (Å²) in [5.41, 5.74) is -0.815. The van der Waals surface area contributed by atoms with Crippen LogP contribution in [0.5, 0.6) is 0 Å². The lowest BCUT2D eigenvalue weighted by Crippen LogP contribution is -2.61. The van der Waals surface area contributed by atoms with E-state index in [1.165, 1.54) is 4.90 Å². The third kappa shape index (κ3) is 4.20. The molecule has 1 heterocycles. The minimum atomic E-state index is -0.530. The molecule has 1 atom stereocenters. The van der Waals surface area contributed by atoms with Crippen molar-refractivity contribution >= 4 is 12.0 Å². The predicted octanol–water partition coefficient (Wildman–Crippen LogP) is 1.91. The number of carbonyl (C=O) groups is 2. The van der Waals surface area contributed by atoms with Gasteiger partial charge in [-0.3, -0.25) is 9.69 Å². The van der Waals surface area contributed by atoms with Crippen LogP contribution in [0.1, 0.15) is 48.0 Å². The van der Waals surface area contributed by atoms with Gasteiger partial charge in [-0.15, -0.1) is 0 Å². The smallest absolute Gasteiger partial charge is 0.410 e. The van der Waals surface area contributed by atoms with Crippen molar-refractivity contribution in [2.45, 2.75) is 65.1 Å². The fourth-order valence-electron chi connectivity index (χ4n) is 1.65. The molecular weight excluding hydrogens is 232 g/mol. The number of hydrogen-bond acceptors (Lipinski definition) is 3. The van der Waals surface area contributed by atoms with E-state index < -0.39 is 11.7 Å². The topological polar surface area (TPSA) is 58.6 Å². The van der Waals surface area contributed by atoms with Gasteiger partial charge in [0.05, 0.1) is 0 Å². The molecule has 5 nitrogen and oxygen atoms in total. The molecule has 1 aliphatic rings. The molecule has 0 radical (unpaired) electrons. The highest BCUT2D eigenvalue weighted by molar-refractivity contribution is 5.87. The summed E-state index contributed by atoms with van der Waals surface area (Å²) in [5, 5.41) is 2.88. The van der Waals surface area contributed by atoms with E-state index in [1.54, 1.807) is 0 Å². The van der Waals surface area contributed by atoms with Gasteiger partial charge in [0.2, 0.25) is 5.91 Å². The Morgan fingerprint density at radius 3 is 2.06 bits per heavy atom. The van der Waals surface area contributed by atoms with Crippen molar-refractivity contribution in [1.82, 2.24) is 10.2 Å². The molecule has 1 rings (SSSR count). The number of hydrogen-bond donors (Lipinski definition) is 1. The number of carbonyl (C=O) groups excluding carboxylic acids is 2. The first kappa shape index (κ1) is 14.8. The number of rotatable bonds is 1. The summed E-state index contributed by atoms with van der Waals surface area (Å²) in [5.74, 6) is -0.111. The van der Waals surface area contributed by atoms with Gasteiger partial charge in [0.15, 0.2) is 0 Å². The van der Waals surface area contributed by atoms with Gasteiger partial charge in [-0.1, -0.05) is 0 Å². The second kappa shape index (κ2) is 4.78. The van der Waals surface area contributed by atoms with Gasteiger partial charge >= 0.3 is 6.09 Å². The van der Waals surface area contributed by atoms with E-state index in [-0.39, 0.29) is 17.5 Å². The van der Waals surface area contributed by atoms with Crippen LogP contribution in [0.15, 0.2) is 0 Å². The van der Waals surface area contributed by atoms with Gasteiger partial charge < -0.3 is 10.1 Å². The third-order valence-corrected chi connectivity index (χ3v) is 2.45. The number of nitrogens with one attached hydrogen (secondary N) is 1. The Morgan fingerprint density at radius 1 is 1.17 bits per heavy atom. The average Bonchev–Trinajstić information content (AvgIpc) is 1.91. The zero-order chi connectivity index (χ0) is 14.1. The van der Waals surface area contributed by atoms with E-state index in [1.807, 2.05) is 41.5 Å². The maximum absolute atomic E-state index is 12.0. The van der Waals surface area contributed by atoms with Crippen LogP contribution < -0.4 is 5.32 Å². The number of ether oxygens (including phenoxy) is 1. The van der Waals surface area contributed by atoms with Gasteiger partial charge in [0.25, 0.3) is 0 Å². The van der Waals surface area contributed by atoms with Crippen molar-refractivity contribution in [3.63, 3.8) is 0 Å². The first-order valence-electron chi connectivity index (χ1n) is 6.31. The van der Waals surface area contributed by atoms with Crippen molar-refractivity contribution in [2.75, 3.05) is 6.54 Å². The van der Waals surface area contributed by atoms with Crippen LogP contribution in [-0.2, 0) is 9.53 Å². The number of nitrogens with zero attached hydrogens (tertiary/aromatic N) is 1. The highest BCUT2D eigenvalue weighted by atomic mass is 16.6. The second-order valence-corrected chi connectivity index (χ2v) is 6.72. The monoisotopic (exact) mass is 256 g/mol. The van der Waals surface area contributed by atoms with E-state index >= 15 is 0 Å². The molecule has 18 heavy (non-hydrogen) atoms. The third-order valence-electron chi connectivity index (χ3n) is 2.45. The van der Waals surface area contributed by atoms with Crippen molar-refractivity contribution < 1.29 is 14.3 Å². The molecule has 1 unspecified atom stereocenters. The molecule has 0 bridgehead atoms. The fraction of sp³-hybridized carbons (Fsp3) is 0.846. The Labute approximate surface area is 109 Å². The van der Waals surface area contributed by atoms with Crippen molar-refractivity contribution in [1.29, 1.82) is 0 Å². The summed E-state index contributed by atoms with van der Waals surface area (Å²) >= 11 is 0. The largest absolute Gasteiger partial charge is 0.444 e. The summed E-state index contributed by atoms with van der Waals surface area (Å²) < 4.78 is 5.26. The SMILES string of the molecule is CC(C)(C)NC(=O)C1CCN1C(=O)OC(C)(C)C. The summed E-state index contributed by atoms with van der Waals surface area (Å²) in [6, 6.07) is -0.390. The van der Waals surface area contributed by atoms with Gasteiger partial charge in [-0.2, -0.15) is 0 Å². The minimum absolute atomic E-state index is 0.111. The zero-order valence-corrected chi connectivity index (χ0v) is 12.2. The van der Waals surface area contributed by atoms with Crippen LogP contribution in [0.4, 0.5) is 4.79 Å². The fourth-order valence-corrected chi connectivity index (χ4v) is 1.65. The molecule has 104 valence electrons. The first-order valence-corrected chi connectivity index (χ1v) is 6.31. The molecule has 2 amide bonds. The molecule has 1 saturated heterocycles. The Hall–Kier alpha value is -1.26. The van der Waals surface area contributed by atoms with Crippen LogP contribution in [0.25, 0.3) is 0 Å². The summed E-state index contributed by atoms with van der Waals surface area (Å²) in [6.07, 6.45) is 0.282. The Kier molecular flexibility index (Phi) is 3.93. The average molecular weight is 256 g/mol. The van der Waals surface area contributed by atoms with Gasteiger partial charge in [-0.25, -0.2) is 4.79 Å². The van der Waals surface area contributed by atoms with Crippen LogP contribution >= 0.6 is 0 Å². The van der Waals surface area contributed by atoms with E-state index in [2.05, 4.69) is 5.32 Å². The van der Waals surface area contributed by atoms with Crippen molar-refractivity contribution in [3.8, 4) is 0 Å². The molecule has 1 aliphatic heterocycles. The Morgan fingerprint density at radius 2 is 1.72 bits per heavy atom. The number of likely N-dealkylation sites (tertiary alicyclic amines) is 1. The molecule has 1 fully saturated rings. The van der Waals surface area contributed by atoms with Gasteiger partial charge in [0.1, 0.15) is 11.6 Å². The van der Waals surface area contributed by atoms with Crippen LogP contribution in [0.3, 0.4) is 0 Å². The van der Waals surface area contributed by atoms with Crippen LogP contribution in [-0.4, -0.2) is 40.6 Å². The summed E-state index contributed by atoms with van der Waals surface area (Å²) in [6.45, 7) is 11.8. The highest BCUT2D eigenvalue weighted by Crippen LogP contribution is 2.22. The Bertz CT molecular complexity index is 305. The van der Waals surface area contributed by atoms with Gasteiger partial charge in [0, 0.05) is 12.1 Å². The van der Waals surface area contributed by atoms with E-state index in [9.17, 15) is 9.59 Å². The summed E-state index contributed by atoms with van der Waals surface area (Å²) in [7, 11) is 0. The molecular formula is C13H24N2O3. The lowest BCUT2D eigenvalue weighted by Gasteiger charge is -2.41. The molecule has 0 aromatic carbocycles. The normalized spacial score (nSPS) is 20.1. The predicted molar refractivity (Wildman–Crippen MR) is 69.2 cm³/mol. The van der Waals surface area contributed by atoms with Gasteiger partial charge in [-0.05, 0) is 48.0 Å². The minimum Gasteiger partial charge on any atom is -0.444 e. The van der Waals surface area contributed by atoms with Crippen molar-refractivity contribution in [2.24, 2.45) is 0 Å². The molecule has 0 aromatic heterocycles. The lowest BCUT2D eigenvalue weighted by atomic mass is 10.0. The molecule has 1 N–H and O–H groups in total. The van der Waals surface area contributed by atoms with Crippen molar-refractivity contribution in [3.05, 3.63) is 0 Å². The maximum Gasteiger partial charge on any atom is 0.410 e. The number of amides is 2. The molecule has 0 saturated carbocycles. The maximum atomic E-state index is 12.0. The van der Waals surface area contributed by atoms with Crippen LogP contribution in [0, 0.1) is 0 Å². The van der Waals surface area contributed by atoms with E-state index in [0.717, 1.165) is 0 Å². The summed E-state index contributed by atoms with van der Waals surface area (Å²) in [4.78, 5) is 25.3. The molecule has 0 spiro atoms. The highest BCUT2D eigenvalue weighted by Gasteiger charge is 2.40. The van der Waals surface area contributed by atoms with E-state index in [4.69, 9.17) is 4.74 Å². The lowest BCUT2D eigenvalue weighted by molar-refractivity contribution is -0.132. The molecule has 0 aliphatic carbocycles. The Balaban J connectivity index is 2.56. The van der Waals surface area contributed by atoms with E-state index in [0.29, 0.717) is 13.0 Å². The van der Waals surface area contributed by atoms with Crippen LogP contribution in [0.2, 0.25) is 0 Å². The zero-order valence-electron chi connectivity index (χ0n) is 12.2. The standard InChI is InChI=1S/C13H24N2O3/c1-12(2,3)14-10(16)9-7-8-15(9)11(17)18-13(4,5)6/h9H,7-8H2,1-6H3,(H,14,16).